The molecular formula is C12H25AuO3SSi. The molecule has 1 aliphatic heterocycles. The molecule has 0 bridgehead atoms. The van der Waals surface area contributed by atoms with Crippen molar-refractivity contribution >= 4 is 20.9 Å². The average Bonchev–Trinajstić information content (AvgIpc) is 2.41. The molecule has 0 saturated carbocycles. The minimum atomic E-state index is -1.74. The van der Waals surface area contributed by atoms with Crippen LogP contribution in [0.25, 0.3) is 0 Å². The minimum Gasteiger partial charge on any atom is -0.759 e. The Kier molecular flexibility index (Phi) is 7.21. The van der Waals surface area contributed by atoms with Gasteiger partial charge < -0.3 is 26.9 Å². The van der Waals surface area contributed by atoms with Crippen molar-refractivity contribution in [3.63, 3.8) is 0 Å². The summed E-state index contributed by atoms with van der Waals surface area (Å²) in [7, 11) is -1.74. The summed E-state index contributed by atoms with van der Waals surface area (Å²) in [5.74, 6) is 0.0577. The van der Waals surface area contributed by atoms with Gasteiger partial charge in [0, 0.05) is 5.92 Å². The van der Waals surface area contributed by atoms with Gasteiger partial charge in [-0.3, -0.25) is 0 Å². The molecule has 1 fully saturated rings. The standard InChI is InChI=1S/C12H26O3SSi.Au/c1-8-9(15-11(16)10(8)13)7-14-17(5,6)12(2,3)4;/h8-11,13,16H,7H2,1-6H3;/q;+1/p-1. The molecule has 0 amide bonds. The van der Waals surface area contributed by atoms with E-state index in [-0.39, 0.29) is 39.4 Å². The molecule has 0 aliphatic carbocycles. The van der Waals surface area contributed by atoms with E-state index >= 15 is 0 Å². The van der Waals surface area contributed by atoms with Gasteiger partial charge >= 0.3 is 22.4 Å². The van der Waals surface area contributed by atoms with Crippen LogP contribution in [0, 0.1) is 5.92 Å². The van der Waals surface area contributed by atoms with Gasteiger partial charge in [0.15, 0.2) is 8.32 Å². The van der Waals surface area contributed by atoms with E-state index < -0.39 is 19.9 Å². The van der Waals surface area contributed by atoms with Crippen LogP contribution in [0.5, 0.6) is 0 Å². The molecule has 4 unspecified atom stereocenters. The first kappa shape index (κ1) is 19.2. The van der Waals surface area contributed by atoms with Crippen molar-refractivity contribution < 1.29 is 36.6 Å². The van der Waals surface area contributed by atoms with Crippen molar-refractivity contribution in [2.24, 2.45) is 5.92 Å². The van der Waals surface area contributed by atoms with Crippen LogP contribution in [0.4, 0.5) is 0 Å². The summed E-state index contributed by atoms with van der Waals surface area (Å²) in [6.45, 7) is 13.6. The number of aliphatic hydroxyl groups excluding tert-OH is 1. The van der Waals surface area contributed by atoms with Gasteiger partial charge in [-0.25, -0.2) is 0 Å². The van der Waals surface area contributed by atoms with Crippen molar-refractivity contribution in [3.05, 3.63) is 0 Å². The number of hydrogen-bond donors (Lipinski definition) is 1. The van der Waals surface area contributed by atoms with Gasteiger partial charge in [-0.05, 0) is 23.6 Å². The number of ether oxygens (including phenoxy) is 1. The Morgan fingerprint density at radius 2 is 1.83 bits per heavy atom. The molecule has 0 aromatic carbocycles. The molecular weight excluding hydrogens is 449 g/mol. The van der Waals surface area contributed by atoms with Crippen molar-refractivity contribution in [1.82, 2.24) is 0 Å². The maximum Gasteiger partial charge on any atom is 1.00 e. The van der Waals surface area contributed by atoms with Gasteiger partial charge in [0.1, 0.15) is 0 Å². The largest absolute Gasteiger partial charge is 1.00 e. The monoisotopic (exact) mass is 474 g/mol. The summed E-state index contributed by atoms with van der Waals surface area (Å²) in [5, 5.41) is 9.95. The van der Waals surface area contributed by atoms with Gasteiger partial charge in [0.2, 0.25) is 0 Å². The second kappa shape index (κ2) is 6.76. The van der Waals surface area contributed by atoms with Crippen LogP contribution in [-0.2, 0) is 44.2 Å². The summed E-state index contributed by atoms with van der Waals surface area (Å²) < 4.78 is 11.7. The molecule has 0 aromatic heterocycles. The van der Waals surface area contributed by atoms with E-state index in [2.05, 4.69) is 33.9 Å². The van der Waals surface area contributed by atoms with Gasteiger partial charge in [0.25, 0.3) is 0 Å². The predicted octanol–water partition coefficient (Wildman–Crippen LogP) is 2.27. The Morgan fingerprint density at radius 3 is 2.17 bits per heavy atom. The summed E-state index contributed by atoms with van der Waals surface area (Å²) in [4.78, 5) is 0. The molecule has 1 N–H and O–H groups in total. The summed E-state index contributed by atoms with van der Waals surface area (Å²) >= 11 is 5.04. The zero-order valence-electron chi connectivity index (χ0n) is 12.0. The average molecular weight is 474 g/mol. The van der Waals surface area contributed by atoms with Crippen LogP contribution < -0.4 is 0 Å². The fraction of sp³-hybridized carbons (Fsp3) is 1.00. The maximum absolute atomic E-state index is 9.75. The molecule has 1 saturated heterocycles. The molecule has 6 heteroatoms. The fourth-order valence-electron chi connectivity index (χ4n) is 1.54. The van der Waals surface area contributed by atoms with Crippen molar-refractivity contribution in [2.75, 3.05) is 6.61 Å². The number of hydrogen-bond acceptors (Lipinski definition) is 4. The third-order valence-electron chi connectivity index (χ3n) is 4.13. The molecule has 3 nitrogen and oxygen atoms in total. The zero-order chi connectivity index (χ0) is 13.4. The minimum absolute atomic E-state index is 0. The van der Waals surface area contributed by atoms with Gasteiger partial charge in [-0.1, -0.05) is 27.7 Å². The topological polar surface area (TPSA) is 38.7 Å². The smallest absolute Gasteiger partial charge is 0.759 e. The Hall–Kier alpha value is 1.19. The molecule has 0 radical (unpaired) electrons. The van der Waals surface area contributed by atoms with Crippen LogP contribution in [0.1, 0.15) is 27.7 Å². The number of rotatable bonds is 3. The normalized spacial score (nSPS) is 33.3. The molecule has 0 aromatic rings. The molecule has 0 spiro atoms. The van der Waals surface area contributed by atoms with Gasteiger partial charge in [-0.15, -0.1) is 0 Å². The van der Waals surface area contributed by atoms with E-state index in [0.717, 1.165) is 0 Å². The molecule has 1 aliphatic rings. The predicted molar refractivity (Wildman–Crippen MR) is 74.3 cm³/mol. The quantitative estimate of drug-likeness (QED) is 0.504. The van der Waals surface area contributed by atoms with Crippen molar-refractivity contribution in [3.8, 4) is 0 Å². The second-order valence-electron chi connectivity index (χ2n) is 6.46. The van der Waals surface area contributed by atoms with E-state index in [1.807, 2.05) is 6.92 Å². The maximum atomic E-state index is 9.75. The van der Waals surface area contributed by atoms with Crippen molar-refractivity contribution in [2.45, 2.75) is 63.5 Å². The van der Waals surface area contributed by atoms with E-state index in [1.165, 1.54) is 0 Å². The Balaban J connectivity index is 0.00000289. The Labute approximate surface area is 133 Å². The zero-order valence-corrected chi connectivity index (χ0v) is 16.0. The van der Waals surface area contributed by atoms with Crippen LogP contribution in [0.3, 0.4) is 0 Å². The Morgan fingerprint density at radius 1 is 1.33 bits per heavy atom. The molecule has 112 valence electrons. The molecule has 4 atom stereocenters. The van der Waals surface area contributed by atoms with E-state index in [4.69, 9.17) is 21.8 Å². The first-order valence-electron chi connectivity index (χ1n) is 6.19. The summed E-state index contributed by atoms with van der Waals surface area (Å²) in [6.07, 6.45) is -0.611. The summed E-state index contributed by atoms with van der Waals surface area (Å²) in [6, 6.07) is 0. The van der Waals surface area contributed by atoms with Crippen LogP contribution >= 0.6 is 0 Å². The van der Waals surface area contributed by atoms with E-state index in [1.54, 1.807) is 0 Å². The van der Waals surface area contributed by atoms with Crippen molar-refractivity contribution in [1.29, 1.82) is 0 Å². The van der Waals surface area contributed by atoms with Gasteiger partial charge in [-0.2, -0.15) is 0 Å². The molecule has 1 rings (SSSR count). The first-order chi connectivity index (χ1) is 7.56. The SMILES string of the molecule is CC1C(CO[Si](C)(C)C(C)(C)C)OC([S-])C1O.[Au+]. The fourth-order valence-corrected chi connectivity index (χ4v) is 2.95. The third-order valence-corrected chi connectivity index (χ3v) is 9.02. The number of aliphatic hydroxyl groups is 1. The molecule has 18 heavy (non-hydrogen) atoms. The Bertz CT molecular complexity index is 271. The van der Waals surface area contributed by atoms with Crippen LogP contribution in [0.2, 0.25) is 18.1 Å². The van der Waals surface area contributed by atoms with Crippen LogP contribution in [0.15, 0.2) is 0 Å². The first-order valence-corrected chi connectivity index (χ1v) is 9.57. The molecule has 1 heterocycles. The van der Waals surface area contributed by atoms with Gasteiger partial charge in [0.05, 0.1) is 18.8 Å². The third kappa shape index (κ3) is 4.35. The second-order valence-corrected chi connectivity index (χ2v) is 11.7. The van der Waals surface area contributed by atoms with E-state index in [9.17, 15) is 5.11 Å². The van der Waals surface area contributed by atoms with Crippen LogP contribution in [-0.4, -0.2) is 37.7 Å². The van der Waals surface area contributed by atoms with E-state index in [0.29, 0.717) is 6.61 Å². The summed E-state index contributed by atoms with van der Waals surface area (Å²) in [5.41, 5.74) is -0.488.